The van der Waals surface area contributed by atoms with E-state index in [2.05, 4.69) is 19.9 Å². The average Bonchev–Trinajstić information content (AvgIpc) is 2.47. The van der Waals surface area contributed by atoms with Crippen LogP contribution >= 0.6 is 0 Å². The molecule has 1 aliphatic heterocycles. The Balaban J connectivity index is 1.98. The first-order chi connectivity index (χ1) is 9.97. The van der Waals surface area contributed by atoms with Crippen molar-refractivity contribution in [3.8, 4) is 5.75 Å². The lowest BCUT2D eigenvalue weighted by Gasteiger charge is -2.29. The van der Waals surface area contributed by atoms with Crippen molar-refractivity contribution in [1.82, 2.24) is 4.90 Å². The summed E-state index contributed by atoms with van der Waals surface area (Å²) in [5.74, 6) is 0.744. The molecule has 1 amide bonds. The lowest BCUT2D eigenvalue weighted by atomic mass is 9.98. The van der Waals surface area contributed by atoms with Crippen LogP contribution < -0.4 is 5.73 Å². The highest BCUT2D eigenvalue weighted by Gasteiger charge is 2.23. The zero-order valence-electron chi connectivity index (χ0n) is 12.7. The minimum Gasteiger partial charge on any atom is -0.508 e. The van der Waals surface area contributed by atoms with Crippen LogP contribution in [0.1, 0.15) is 32.3 Å². The fourth-order valence-corrected chi connectivity index (χ4v) is 2.65. The molecule has 1 aromatic carbocycles. The van der Waals surface area contributed by atoms with Crippen LogP contribution in [-0.4, -0.2) is 35.0 Å². The van der Waals surface area contributed by atoms with Gasteiger partial charge in [0, 0.05) is 13.1 Å². The van der Waals surface area contributed by atoms with Gasteiger partial charge in [-0.05, 0) is 42.0 Å². The number of phenols is 1. The topological polar surface area (TPSA) is 66.6 Å². The highest BCUT2D eigenvalue weighted by Crippen LogP contribution is 2.24. The molecule has 2 rings (SSSR count). The molecule has 21 heavy (non-hydrogen) atoms. The molecule has 0 bridgehead atoms. The zero-order chi connectivity index (χ0) is 15.4. The van der Waals surface area contributed by atoms with E-state index in [0.717, 1.165) is 18.4 Å². The molecule has 0 unspecified atom stereocenters. The van der Waals surface area contributed by atoms with Crippen molar-refractivity contribution in [1.29, 1.82) is 0 Å². The highest BCUT2D eigenvalue weighted by atomic mass is 16.3. The second-order valence-electron chi connectivity index (χ2n) is 6.05. The fraction of sp³-hybridized carbons (Fsp3) is 0.471. The summed E-state index contributed by atoms with van der Waals surface area (Å²) < 4.78 is 0. The predicted octanol–water partition coefficient (Wildman–Crippen LogP) is 2.38. The average molecular weight is 288 g/mol. The third-order valence-corrected chi connectivity index (χ3v) is 3.80. The molecule has 1 heterocycles. The monoisotopic (exact) mass is 288 g/mol. The Morgan fingerprint density at radius 2 is 2.00 bits per heavy atom. The molecule has 4 nitrogen and oxygen atoms in total. The van der Waals surface area contributed by atoms with Gasteiger partial charge in [0.1, 0.15) is 5.75 Å². The molecule has 0 fully saturated rings. The number of phenolic OH excluding ortho intramolecular Hbond substituents is 1. The van der Waals surface area contributed by atoms with Crippen LogP contribution in [0.3, 0.4) is 0 Å². The van der Waals surface area contributed by atoms with Crippen LogP contribution in [0.15, 0.2) is 30.3 Å². The quantitative estimate of drug-likeness (QED) is 0.894. The smallest absolute Gasteiger partial charge is 0.239 e. The molecule has 0 spiro atoms. The van der Waals surface area contributed by atoms with Crippen LogP contribution in [0.25, 0.3) is 5.57 Å². The maximum Gasteiger partial charge on any atom is 0.239 e. The van der Waals surface area contributed by atoms with Gasteiger partial charge in [0.25, 0.3) is 0 Å². The SMILES string of the molecule is CC(C)C[C@H](N)C(=O)N1CC=C(c2ccc(O)cc2)CC1. The van der Waals surface area contributed by atoms with Crippen molar-refractivity contribution < 1.29 is 9.90 Å². The normalized spacial score (nSPS) is 16.8. The van der Waals surface area contributed by atoms with Crippen molar-refractivity contribution in [2.75, 3.05) is 13.1 Å². The minimum atomic E-state index is -0.395. The van der Waals surface area contributed by atoms with Gasteiger partial charge in [-0.25, -0.2) is 0 Å². The van der Waals surface area contributed by atoms with Crippen LogP contribution in [0.2, 0.25) is 0 Å². The molecule has 4 heteroatoms. The zero-order valence-corrected chi connectivity index (χ0v) is 12.7. The van der Waals surface area contributed by atoms with Gasteiger partial charge in [0.2, 0.25) is 5.91 Å². The summed E-state index contributed by atoms with van der Waals surface area (Å²) in [7, 11) is 0. The van der Waals surface area contributed by atoms with Gasteiger partial charge in [-0.3, -0.25) is 4.79 Å². The summed E-state index contributed by atoms with van der Waals surface area (Å²) in [6.07, 6.45) is 3.63. The molecule has 1 atom stereocenters. The van der Waals surface area contributed by atoms with Gasteiger partial charge in [-0.15, -0.1) is 0 Å². The number of benzene rings is 1. The van der Waals surface area contributed by atoms with E-state index in [-0.39, 0.29) is 11.7 Å². The summed E-state index contributed by atoms with van der Waals surface area (Å²) in [4.78, 5) is 14.1. The van der Waals surface area contributed by atoms with E-state index in [9.17, 15) is 9.90 Å². The van der Waals surface area contributed by atoms with Crippen molar-refractivity contribution in [3.63, 3.8) is 0 Å². The Hall–Kier alpha value is -1.81. The number of carbonyl (C=O) groups excluding carboxylic acids is 1. The Morgan fingerprint density at radius 1 is 1.33 bits per heavy atom. The van der Waals surface area contributed by atoms with Gasteiger partial charge in [0.05, 0.1) is 6.04 Å². The Morgan fingerprint density at radius 3 is 2.52 bits per heavy atom. The van der Waals surface area contributed by atoms with Crippen molar-refractivity contribution in [3.05, 3.63) is 35.9 Å². The number of hydrogen-bond acceptors (Lipinski definition) is 3. The fourth-order valence-electron chi connectivity index (χ4n) is 2.65. The third-order valence-electron chi connectivity index (χ3n) is 3.80. The molecular formula is C17H24N2O2. The maximum atomic E-state index is 12.3. The van der Waals surface area contributed by atoms with Gasteiger partial charge < -0.3 is 15.7 Å². The van der Waals surface area contributed by atoms with E-state index in [1.54, 1.807) is 12.1 Å². The van der Waals surface area contributed by atoms with E-state index in [0.29, 0.717) is 19.0 Å². The number of aromatic hydroxyl groups is 1. The summed E-state index contributed by atoms with van der Waals surface area (Å²) >= 11 is 0. The summed E-state index contributed by atoms with van der Waals surface area (Å²) in [6.45, 7) is 5.47. The number of nitrogens with two attached hydrogens (primary N) is 1. The molecule has 0 radical (unpaired) electrons. The molecule has 0 saturated carbocycles. The van der Waals surface area contributed by atoms with Gasteiger partial charge in [0.15, 0.2) is 0 Å². The van der Waals surface area contributed by atoms with Crippen molar-refractivity contribution in [2.24, 2.45) is 11.7 Å². The lowest BCUT2D eigenvalue weighted by Crippen LogP contribution is -2.45. The van der Waals surface area contributed by atoms with Crippen LogP contribution in [-0.2, 0) is 4.79 Å². The number of amides is 1. The Bertz CT molecular complexity index is 520. The number of rotatable bonds is 4. The minimum absolute atomic E-state index is 0.0460. The molecule has 0 aliphatic carbocycles. The van der Waals surface area contributed by atoms with Gasteiger partial charge in [-0.1, -0.05) is 32.1 Å². The summed E-state index contributed by atoms with van der Waals surface area (Å²) in [6, 6.07) is 6.79. The Kier molecular flexibility index (Phi) is 5.02. The highest BCUT2D eigenvalue weighted by molar-refractivity contribution is 5.83. The summed E-state index contributed by atoms with van der Waals surface area (Å²) in [5, 5.41) is 9.32. The number of hydrogen-bond donors (Lipinski definition) is 2. The van der Waals surface area contributed by atoms with E-state index >= 15 is 0 Å². The molecule has 0 saturated heterocycles. The molecule has 0 aromatic heterocycles. The largest absolute Gasteiger partial charge is 0.508 e. The van der Waals surface area contributed by atoms with Crippen molar-refractivity contribution in [2.45, 2.75) is 32.7 Å². The Labute approximate surface area is 126 Å². The number of nitrogens with zero attached hydrogens (tertiary/aromatic N) is 1. The first-order valence-corrected chi connectivity index (χ1v) is 7.50. The van der Waals surface area contributed by atoms with Crippen molar-refractivity contribution >= 4 is 11.5 Å². The van der Waals surface area contributed by atoms with Gasteiger partial charge >= 0.3 is 0 Å². The van der Waals surface area contributed by atoms with Gasteiger partial charge in [-0.2, -0.15) is 0 Å². The van der Waals surface area contributed by atoms with Crippen LogP contribution in [0.4, 0.5) is 0 Å². The molecule has 114 valence electrons. The summed E-state index contributed by atoms with van der Waals surface area (Å²) in [5.41, 5.74) is 8.29. The first-order valence-electron chi connectivity index (χ1n) is 7.50. The first kappa shape index (κ1) is 15.6. The molecule has 3 N–H and O–H groups in total. The standard InChI is InChI=1S/C17H24N2O2/c1-12(2)11-16(18)17(21)19-9-7-14(8-10-19)13-3-5-15(20)6-4-13/h3-7,12,16,20H,8-11,18H2,1-2H3/t16-/m0/s1. The van der Waals surface area contributed by atoms with E-state index in [1.807, 2.05) is 17.0 Å². The van der Waals surface area contributed by atoms with E-state index < -0.39 is 6.04 Å². The van der Waals surface area contributed by atoms with Crippen LogP contribution in [0.5, 0.6) is 5.75 Å². The number of carbonyl (C=O) groups is 1. The molecule has 1 aromatic rings. The van der Waals surface area contributed by atoms with Crippen LogP contribution in [0, 0.1) is 5.92 Å². The van der Waals surface area contributed by atoms with E-state index in [4.69, 9.17) is 5.73 Å². The predicted molar refractivity (Wildman–Crippen MR) is 84.7 cm³/mol. The molecular weight excluding hydrogens is 264 g/mol. The molecule has 1 aliphatic rings. The lowest BCUT2D eigenvalue weighted by molar-refractivity contribution is -0.132. The van der Waals surface area contributed by atoms with E-state index in [1.165, 1.54) is 5.57 Å². The maximum absolute atomic E-state index is 12.3. The second-order valence-corrected chi connectivity index (χ2v) is 6.05. The third kappa shape index (κ3) is 4.08. The second kappa shape index (κ2) is 6.76.